The number of hydrogen-bond acceptors (Lipinski definition) is 0. The van der Waals surface area contributed by atoms with Gasteiger partial charge in [0.2, 0.25) is 6.43 Å². The average molecular weight is 119 g/mol. The highest BCUT2D eigenvalue weighted by molar-refractivity contribution is 4.81. The van der Waals surface area contributed by atoms with Crippen LogP contribution in [0.5, 0.6) is 0 Å². The molecule has 1 aliphatic rings. The van der Waals surface area contributed by atoms with Crippen molar-refractivity contribution in [3.05, 3.63) is 6.42 Å². The van der Waals surface area contributed by atoms with Crippen molar-refractivity contribution in [2.24, 2.45) is 5.92 Å². The van der Waals surface area contributed by atoms with Gasteiger partial charge in [0.15, 0.2) is 0 Å². The van der Waals surface area contributed by atoms with Crippen LogP contribution in [-0.4, -0.2) is 6.43 Å². The van der Waals surface area contributed by atoms with Crippen LogP contribution < -0.4 is 0 Å². The van der Waals surface area contributed by atoms with Gasteiger partial charge in [-0.3, -0.25) is 0 Å². The minimum atomic E-state index is -2.09. The van der Waals surface area contributed by atoms with Gasteiger partial charge in [0, 0.05) is 5.92 Å². The standard InChI is InChI=1S/C6H9F2/c7-6(8)5-3-1-2-4-5/h1,5-6H,2-4H2. The molecule has 0 nitrogen and oxygen atoms in total. The first kappa shape index (κ1) is 5.99. The molecular weight excluding hydrogens is 110 g/mol. The Labute approximate surface area is 47.9 Å². The molecule has 0 aromatic carbocycles. The third kappa shape index (κ3) is 1.17. The van der Waals surface area contributed by atoms with Crippen molar-refractivity contribution in [3.8, 4) is 0 Å². The molecule has 47 valence electrons. The summed E-state index contributed by atoms with van der Waals surface area (Å²) in [6.45, 7) is 0. The Morgan fingerprint density at radius 2 is 2.25 bits per heavy atom. The van der Waals surface area contributed by atoms with Gasteiger partial charge in [-0.15, -0.1) is 0 Å². The molecule has 0 N–H and O–H groups in total. The van der Waals surface area contributed by atoms with Crippen molar-refractivity contribution >= 4 is 0 Å². The summed E-state index contributed by atoms with van der Waals surface area (Å²) in [5, 5.41) is 0. The Morgan fingerprint density at radius 1 is 1.50 bits per heavy atom. The van der Waals surface area contributed by atoms with Crippen molar-refractivity contribution in [2.75, 3.05) is 0 Å². The van der Waals surface area contributed by atoms with Crippen LogP contribution >= 0.6 is 0 Å². The highest BCUT2D eigenvalue weighted by Crippen LogP contribution is 2.28. The molecule has 1 atom stereocenters. The maximum absolute atomic E-state index is 11.7. The van der Waals surface area contributed by atoms with Gasteiger partial charge in [-0.2, -0.15) is 0 Å². The predicted octanol–water partition coefficient (Wildman–Crippen LogP) is 2.26. The van der Waals surface area contributed by atoms with E-state index < -0.39 is 6.43 Å². The Balaban J connectivity index is 2.24. The topological polar surface area (TPSA) is 0 Å². The highest BCUT2D eigenvalue weighted by Gasteiger charge is 2.23. The van der Waals surface area contributed by atoms with Gasteiger partial charge >= 0.3 is 0 Å². The SMILES string of the molecule is FC(F)C1C[CH]CC1. The lowest BCUT2D eigenvalue weighted by atomic mass is 10.1. The van der Waals surface area contributed by atoms with Crippen LogP contribution in [0.15, 0.2) is 0 Å². The predicted molar refractivity (Wildman–Crippen MR) is 27.6 cm³/mol. The lowest BCUT2D eigenvalue weighted by molar-refractivity contribution is 0.0820. The van der Waals surface area contributed by atoms with E-state index in [1.807, 2.05) is 6.42 Å². The van der Waals surface area contributed by atoms with Crippen molar-refractivity contribution in [1.82, 2.24) is 0 Å². The fourth-order valence-electron chi connectivity index (χ4n) is 1.01. The van der Waals surface area contributed by atoms with Crippen LogP contribution in [0.1, 0.15) is 19.3 Å². The van der Waals surface area contributed by atoms with Gasteiger partial charge in [0.1, 0.15) is 0 Å². The van der Waals surface area contributed by atoms with Gasteiger partial charge in [-0.1, -0.05) is 0 Å². The molecule has 0 amide bonds. The minimum Gasteiger partial charge on any atom is -0.210 e. The van der Waals surface area contributed by atoms with Crippen molar-refractivity contribution in [3.63, 3.8) is 0 Å². The normalized spacial score (nSPS) is 22.9. The quantitative estimate of drug-likeness (QED) is 0.496. The van der Waals surface area contributed by atoms with E-state index in [2.05, 4.69) is 0 Å². The largest absolute Gasteiger partial charge is 0.241 e. The van der Waals surface area contributed by atoms with E-state index in [-0.39, 0.29) is 5.92 Å². The second-order valence-electron chi connectivity index (χ2n) is 2.20. The van der Waals surface area contributed by atoms with Gasteiger partial charge in [-0.25, -0.2) is 8.78 Å². The third-order valence-corrected chi connectivity index (χ3v) is 1.57. The van der Waals surface area contributed by atoms with Crippen LogP contribution in [0.4, 0.5) is 8.78 Å². The summed E-state index contributed by atoms with van der Waals surface area (Å²) in [6.07, 6.45) is 2.05. The first-order chi connectivity index (χ1) is 3.80. The number of hydrogen-bond donors (Lipinski definition) is 0. The molecule has 2 heteroatoms. The molecule has 1 radical (unpaired) electrons. The Morgan fingerprint density at radius 3 is 2.50 bits per heavy atom. The van der Waals surface area contributed by atoms with Crippen LogP contribution in [0.2, 0.25) is 0 Å². The Kier molecular flexibility index (Phi) is 1.81. The van der Waals surface area contributed by atoms with E-state index in [1.54, 1.807) is 0 Å². The summed E-state index contributed by atoms with van der Waals surface area (Å²) < 4.78 is 23.4. The first-order valence-corrected chi connectivity index (χ1v) is 2.90. The van der Waals surface area contributed by atoms with Crippen molar-refractivity contribution in [1.29, 1.82) is 0 Å². The van der Waals surface area contributed by atoms with Crippen LogP contribution in [-0.2, 0) is 0 Å². The fraction of sp³-hybridized carbons (Fsp3) is 0.833. The molecule has 0 aromatic heterocycles. The van der Waals surface area contributed by atoms with Crippen LogP contribution in [0.3, 0.4) is 0 Å². The molecule has 0 bridgehead atoms. The molecule has 1 rings (SSSR count). The minimum absolute atomic E-state index is 0.324. The number of halogens is 2. The average Bonchev–Trinajstić information content (AvgIpc) is 2.12. The summed E-state index contributed by atoms with van der Waals surface area (Å²) in [6, 6.07) is 0. The summed E-state index contributed by atoms with van der Waals surface area (Å²) in [5.41, 5.74) is 0. The van der Waals surface area contributed by atoms with Gasteiger partial charge < -0.3 is 0 Å². The molecular formula is C6H9F2. The van der Waals surface area contributed by atoms with Gasteiger partial charge in [0.25, 0.3) is 0 Å². The molecule has 0 spiro atoms. The molecule has 0 heterocycles. The zero-order chi connectivity index (χ0) is 5.98. The second-order valence-corrected chi connectivity index (χ2v) is 2.20. The zero-order valence-electron chi connectivity index (χ0n) is 4.61. The zero-order valence-corrected chi connectivity index (χ0v) is 4.61. The molecule has 8 heavy (non-hydrogen) atoms. The molecule has 0 aromatic rings. The fourth-order valence-corrected chi connectivity index (χ4v) is 1.01. The third-order valence-electron chi connectivity index (χ3n) is 1.57. The molecule has 1 saturated carbocycles. The Hall–Kier alpha value is -0.140. The molecule has 1 unspecified atom stereocenters. The Bertz CT molecular complexity index is 64.9. The van der Waals surface area contributed by atoms with Crippen LogP contribution in [0, 0.1) is 12.3 Å². The highest BCUT2D eigenvalue weighted by atomic mass is 19.3. The summed E-state index contributed by atoms with van der Waals surface area (Å²) in [7, 11) is 0. The molecule has 0 aliphatic heterocycles. The second kappa shape index (κ2) is 2.42. The summed E-state index contributed by atoms with van der Waals surface area (Å²) in [4.78, 5) is 0. The van der Waals surface area contributed by atoms with E-state index in [0.29, 0.717) is 12.8 Å². The van der Waals surface area contributed by atoms with E-state index in [9.17, 15) is 8.78 Å². The van der Waals surface area contributed by atoms with Crippen molar-refractivity contribution in [2.45, 2.75) is 25.7 Å². The lowest BCUT2D eigenvalue weighted by Crippen LogP contribution is -2.04. The van der Waals surface area contributed by atoms with Crippen molar-refractivity contribution < 1.29 is 8.78 Å². The lowest BCUT2D eigenvalue weighted by Gasteiger charge is -2.03. The van der Waals surface area contributed by atoms with E-state index in [1.165, 1.54) is 0 Å². The van der Waals surface area contributed by atoms with E-state index in [0.717, 1.165) is 6.42 Å². The molecule has 1 aliphatic carbocycles. The van der Waals surface area contributed by atoms with Gasteiger partial charge in [0.05, 0.1) is 0 Å². The maximum atomic E-state index is 11.7. The molecule has 0 saturated heterocycles. The number of rotatable bonds is 1. The van der Waals surface area contributed by atoms with E-state index in [4.69, 9.17) is 0 Å². The van der Waals surface area contributed by atoms with Crippen LogP contribution in [0.25, 0.3) is 0 Å². The smallest absolute Gasteiger partial charge is 0.210 e. The summed E-state index contributed by atoms with van der Waals surface area (Å²) >= 11 is 0. The van der Waals surface area contributed by atoms with Gasteiger partial charge in [-0.05, 0) is 25.7 Å². The maximum Gasteiger partial charge on any atom is 0.241 e. The monoisotopic (exact) mass is 119 g/mol. The number of alkyl halides is 2. The molecule has 1 fully saturated rings. The first-order valence-electron chi connectivity index (χ1n) is 2.90. The summed E-state index contributed by atoms with van der Waals surface area (Å²) in [5.74, 6) is -0.324. The van der Waals surface area contributed by atoms with E-state index >= 15 is 0 Å².